The van der Waals surface area contributed by atoms with Gasteiger partial charge in [-0.2, -0.15) is 0 Å². The number of nitrogens with one attached hydrogen (secondary N) is 1. The molecule has 3 nitrogen and oxygen atoms in total. The van der Waals surface area contributed by atoms with E-state index in [2.05, 4.69) is 11.9 Å². The fourth-order valence-corrected chi connectivity index (χ4v) is 2.83. The third-order valence-corrected chi connectivity index (χ3v) is 4.08. The van der Waals surface area contributed by atoms with Crippen molar-refractivity contribution in [1.82, 2.24) is 4.90 Å². The topological polar surface area (TPSA) is 53.1 Å². The minimum Gasteiger partial charge on any atom is -0.384 e. The molecular weight excluding hydrogens is 246 g/mol. The second-order valence-electron chi connectivity index (χ2n) is 5.07. The summed E-state index contributed by atoms with van der Waals surface area (Å²) in [5, 5.41) is 8.09. The Morgan fingerprint density at radius 1 is 1.44 bits per heavy atom. The number of nitrogens with zero attached hydrogens (tertiary/aromatic N) is 1. The Morgan fingerprint density at radius 3 is 2.67 bits per heavy atom. The molecule has 0 atom stereocenters. The maximum atomic E-state index is 7.39. The van der Waals surface area contributed by atoms with Crippen LogP contribution in [0.5, 0.6) is 0 Å². The van der Waals surface area contributed by atoms with Gasteiger partial charge in [-0.05, 0) is 31.5 Å². The standard InChI is InChI=1S/C14H20ClN3/c1-18(12-4-2-3-5-12)9-11-7-6-10(14(16)17)8-13(11)15/h6-8,12H,2-5,9H2,1H3,(H3,16,17). The first-order valence-corrected chi connectivity index (χ1v) is 6.79. The van der Waals surface area contributed by atoms with Gasteiger partial charge in [-0.15, -0.1) is 0 Å². The highest BCUT2D eigenvalue weighted by Crippen LogP contribution is 2.25. The van der Waals surface area contributed by atoms with E-state index in [1.54, 1.807) is 6.07 Å². The highest BCUT2D eigenvalue weighted by Gasteiger charge is 2.20. The molecule has 3 N–H and O–H groups in total. The molecule has 1 fully saturated rings. The average molecular weight is 266 g/mol. The first-order valence-electron chi connectivity index (χ1n) is 6.41. The van der Waals surface area contributed by atoms with Gasteiger partial charge in [0.05, 0.1) is 0 Å². The molecule has 4 heteroatoms. The van der Waals surface area contributed by atoms with E-state index in [4.69, 9.17) is 22.7 Å². The summed E-state index contributed by atoms with van der Waals surface area (Å²) in [6.45, 7) is 0.863. The number of rotatable bonds is 4. The predicted octanol–water partition coefficient (Wildman–Crippen LogP) is 3.00. The summed E-state index contributed by atoms with van der Waals surface area (Å²) in [6.07, 6.45) is 5.26. The van der Waals surface area contributed by atoms with Gasteiger partial charge in [0.2, 0.25) is 0 Å². The Balaban J connectivity index is 2.06. The van der Waals surface area contributed by atoms with E-state index in [1.165, 1.54) is 25.7 Å². The van der Waals surface area contributed by atoms with Crippen molar-refractivity contribution >= 4 is 17.4 Å². The van der Waals surface area contributed by atoms with Crippen LogP contribution in [0, 0.1) is 5.41 Å². The summed E-state index contributed by atoms with van der Waals surface area (Å²) in [4.78, 5) is 2.38. The smallest absolute Gasteiger partial charge is 0.122 e. The minimum atomic E-state index is 0.0626. The van der Waals surface area contributed by atoms with Gasteiger partial charge < -0.3 is 5.73 Å². The van der Waals surface area contributed by atoms with Crippen LogP contribution in [0.25, 0.3) is 0 Å². The highest BCUT2D eigenvalue weighted by molar-refractivity contribution is 6.31. The molecule has 18 heavy (non-hydrogen) atoms. The lowest BCUT2D eigenvalue weighted by atomic mass is 10.1. The number of nitrogens with two attached hydrogens (primary N) is 1. The fourth-order valence-electron chi connectivity index (χ4n) is 2.59. The lowest BCUT2D eigenvalue weighted by Crippen LogP contribution is -2.28. The van der Waals surface area contributed by atoms with Crippen LogP contribution >= 0.6 is 11.6 Å². The third-order valence-electron chi connectivity index (χ3n) is 3.73. The van der Waals surface area contributed by atoms with Crippen molar-refractivity contribution in [3.63, 3.8) is 0 Å². The van der Waals surface area contributed by atoms with Crippen LogP contribution in [0.2, 0.25) is 5.02 Å². The monoisotopic (exact) mass is 265 g/mol. The molecular formula is C14H20ClN3. The minimum absolute atomic E-state index is 0.0626. The van der Waals surface area contributed by atoms with Gasteiger partial charge in [-0.3, -0.25) is 10.3 Å². The van der Waals surface area contributed by atoms with Crippen molar-refractivity contribution in [2.24, 2.45) is 5.73 Å². The summed E-state index contributed by atoms with van der Waals surface area (Å²) in [5.74, 6) is 0.0626. The Bertz CT molecular complexity index is 439. The van der Waals surface area contributed by atoms with Gasteiger partial charge in [-0.1, -0.05) is 36.6 Å². The van der Waals surface area contributed by atoms with Crippen LogP contribution < -0.4 is 5.73 Å². The normalized spacial score (nSPS) is 16.4. The van der Waals surface area contributed by atoms with Gasteiger partial charge in [0.1, 0.15) is 5.84 Å². The molecule has 98 valence electrons. The van der Waals surface area contributed by atoms with Crippen LogP contribution in [-0.4, -0.2) is 23.8 Å². The first-order chi connectivity index (χ1) is 8.58. The van der Waals surface area contributed by atoms with E-state index in [0.717, 1.165) is 12.1 Å². The molecule has 0 bridgehead atoms. The van der Waals surface area contributed by atoms with Crippen molar-refractivity contribution in [3.8, 4) is 0 Å². The van der Waals surface area contributed by atoms with Crippen molar-refractivity contribution in [1.29, 1.82) is 5.41 Å². The summed E-state index contributed by atoms with van der Waals surface area (Å²) in [5.41, 5.74) is 7.24. The Kier molecular flexibility index (Phi) is 4.25. The van der Waals surface area contributed by atoms with Gasteiger partial charge in [0.15, 0.2) is 0 Å². The quantitative estimate of drug-likeness (QED) is 0.650. The Morgan fingerprint density at radius 2 is 2.11 bits per heavy atom. The lowest BCUT2D eigenvalue weighted by Gasteiger charge is -2.24. The molecule has 1 aromatic rings. The van der Waals surface area contributed by atoms with E-state index in [9.17, 15) is 0 Å². The molecule has 1 aliphatic rings. The first kappa shape index (κ1) is 13.4. The maximum Gasteiger partial charge on any atom is 0.122 e. The number of amidine groups is 1. The summed E-state index contributed by atoms with van der Waals surface area (Å²) < 4.78 is 0. The molecule has 0 aliphatic heterocycles. The number of hydrogen-bond acceptors (Lipinski definition) is 2. The molecule has 2 rings (SSSR count). The number of nitrogen functional groups attached to an aromatic ring is 1. The van der Waals surface area contributed by atoms with E-state index in [0.29, 0.717) is 16.6 Å². The SMILES string of the molecule is CN(Cc1ccc(C(=N)N)cc1Cl)C1CCCC1. The molecule has 0 amide bonds. The molecule has 0 heterocycles. The zero-order chi connectivity index (χ0) is 13.1. The fraction of sp³-hybridized carbons (Fsp3) is 0.500. The molecule has 0 spiro atoms. The number of hydrogen-bond donors (Lipinski definition) is 2. The summed E-state index contributed by atoms with van der Waals surface area (Å²) in [6, 6.07) is 6.31. The Labute approximate surface area is 113 Å². The van der Waals surface area contributed by atoms with Gasteiger partial charge in [0, 0.05) is 23.2 Å². The molecule has 0 saturated heterocycles. The molecule has 0 unspecified atom stereocenters. The second-order valence-corrected chi connectivity index (χ2v) is 5.48. The molecule has 1 saturated carbocycles. The zero-order valence-electron chi connectivity index (χ0n) is 10.7. The van der Waals surface area contributed by atoms with Crippen molar-refractivity contribution in [2.45, 2.75) is 38.3 Å². The largest absolute Gasteiger partial charge is 0.384 e. The van der Waals surface area contributed by atoms with Gasteiger partial charge >= 0.3 is 0 Å². The van der Waals surface area contributed by atoms with E-state index < -0.39 is 0 Å². The zero-order valence-corrected chi connectivity index (χ0v) is 11.5. The van der Waals surface area contributed by atoms with Crippen molar-refractivity contribution in [2.75, 3.05) is 7.05 Å². The number of benzene rings is 1. The van der Waals surface area contributed by atoms with Gasteiger partial charge in [0.25, 0.3) is 0 Å². The summed E-state index contributed by atoms with van der Waals surface area (Å²) in [7, 11) is 2.16. The van der Waals surface area contributed by atoms with Crippen molar-refractivity contribution in [3.05, 3.63) is 34.3 Å². The average Bonchev–Trinajstić information content (AvgIpc) is 2.85. The molecule has 1 aromatic carbocycles. The highest BCUT2D eigenvalue weighted by atomic mass is 35.5. The Hall–Kier alpha value is -1.06. The lowest BCUT2D eigenvalue weighted by molar-refractivity contribution is 0.237. The van der Waals surface area contributed by atoms with Crippen LogP contribution in [0.4, 0.5) is 0 Å². The third kappa shape index (κ3) is 3.03. The van der Waals surface area contributed by atoms with E-state index in [-0.39, 0.29) is 5.84 Å². The summed E-state index contributed by atoms with van der Waals surface area (Å²) >= 11 is 6.25. The van der Waals surface area contributed by atoms with Crippen LogP contribution in [0.15, 0.2) is 18.2 Å². The van der Waals surface area contributed by atoms with Crippen LogP contribution in [-0.2, 0) is 6.54 Å². The van der Waals surface area contributed by atoms with E-state index in [1.807, 2.05) is 12.1 Å². The molecule has 0 radical (unpaired) electrons. The molecule has 0 aromatic heterocycles. The van der Waals surface area contributed by atoms with Gasteiger partial charge in [-0.25, -0.2) is 0 Å². The number of halogens is 1. The van der Waals surface area contributed by atoms with Crippen LogP contribution in [0.3, 0.4) is 0 Å². The predicted molar refractivity (Wildman–Crippen MR) is 76.2 cm³/mol. The second kappa shape index (κ2) is 5.72. The van der Waals surface area contributed by atoms with Crippen molar-refractivity contribution < 1.29 is 0 Å². The van der Waals surface area contributed by atoms with Crippen LogP contribution in [0.1, 0.15) is 36.8 Å². The maximum absolute atomic E-state index is 7.39. The van der Waals surface area contributed by atoms with E-state index >= 15 is 0 Å². The molecule has 1 aliphatic carbocycles.